The molecule has 0 aliphatic carbocycles. The van der Waals surface area contributed by atoms with Crippen molar-refractivity contribution in [1.29, 1.82) is 0 Å². The summed E-state index contributed by atoms with van der Waals surface area (Å²) in [5, 5.41) is 4.02. The molecular formula is C17H15IN4O. The van der Waals surface area contributed by atoms with Crippen molar-refractivity contribution >= 4 is 45.7 Å². The first-order chi connectivity index (χ1) is 11.1. The van der Waals surface area contributed by atoms with Gasteiger partial charge in [-0.05, 0) is 40.8 Å². The Hall–Kier alpha value is -2.22. The number of para-hydroxylation sites is 2. The summed E-state index contributed by atoms with van der Waals surface area (Å²) in [6, 6.07) is 15.6. The molecule has 2 aromatic carbocycles. The van der Waals surface area contributed by atoms with Crippen molar-refractivity contribution in [3.8, 4) is 0 Å². The monoisotopic (exact) mass is 418 g/mol. The summed E-state index contributed by atoms with van der Waals surface area (Å²) in [5.41, 5.74) is 5.42. The van der Waals surface area contributed by atoms with Gasteiger partial charge in [0.05, 0.1) is 23.7 Å². The highest BCUT2D eigenvalue weighted by Crippen LogP contribution is 2.14. The molecule has 0 saturated heterocycles. The summed E-state index contributed by atoms with van der Waals surface area (Å²) in [5.74, 6) is 0.527. The van der Waals surface area contributed by atoms with Crippen molar-refractivity contribution in [2.75, 3.05) is 0 Å². The second-order valence-corrected chi connectivity index (χ2v) is 6.23. The van der Waals surface area contributed by atoms with Crippen molar-refractivity contribution in [2.45, 2.75) is 6.42 Å². The van der Waals surface area contributed by atoms with Crippen LogP contribution >= 0.6 is 22.6 Å². The van der Waals surface area contributed by atoms with E-state index in [9.17, 15) is 4.79 Å². The quantitative estimate of drug-likeness (QED) is 0.403. The number of hydrazone groups is 1. The van der Waals surface area contributed by atoms with Gasteiger partial charge in [-0.3, -0.25) is 4.79 Å². The summed E-state index contributed by atoms with van der Waals surface area (Å²) >= 11 is 2.23. The Morgan fingerprint density at radius 3 is 2.78 bits per heavy atom. The molecule has 5 nitrogen and oxygen atoms in total. The normalized spacial score (nSPS) is 11.2. The number of carbonyl (C=O) groups is 1. The molecule has 1 N–H and O–H groups in total. The van der Waals surface area contributed by atoms with Gasteiger partial charge in [0, 0.05) is 16.2 Å². The molecule has 0 unspecified atom stereocenters. The molecule has 0 bridgehead atoms. The molecule has 0 aliphatic heterocycles. The van der Waals surface area contributed by atoms with Crippen molar-refractivity contribution in [2.24, 2.45) is 12.1 Å². The number of hydrogen-bond acceptors (Lipinski definition) is 3. The van der Waals surface area contributed by atoms with Gasteiger partial charge in [0.1, 0.15) is 5.82 Å². The fourth-order valence-corrected chi connectivity index (χ4v) is 2.82. The summed E-state index contributed by atoms with van der Waals surface area (Å²) in [4.78, 5) is 16.5. The number of aryl methyl sites for hydroxylation is 1. The SMILES string of the molecule is Cn1c(CC(=O)N/N=C\c2ccccc2I)nc2ccccc21. The first-order valence-electron chi connectivity index (χ1n) is 7.12. The van der Waals surface area contributed by atoms with Crippen molar-refractivity contribution in [1.82, 2.24) is 15.0 Å². The molecule has 6 heteroatoms. The van der Waals surface area contributed by atoms with Gasteiger partial charge in [-0.1, -0.05) is 30.3 Å². The molecule has 0 atom stereocenters. The summed E-state index contributed by atoms with van der Waals surface area (Å²) in [6.07, 6.45) is 1.84. The zero-order valence-corrected chi connectivity index (χ0v) is 14.7. The maximum absolute atomic E-state index is 12.0. The van der Waals surface area contributed by atoms with Crippen molar-refractivity contribution < 1.29 is 4.79 Å². The van der Waals surface area contributed by atoms with E-state index in [0.717, 1.165) is 20.2 Å². The van der Waals surface area contributed by atoms with Crippen LogP contribution in [0.3, 0.4) is 0 Å². The zero-order valence-electron chi connectivity index (χ0n) is 12.5. The number of aromatic nitrogens is 2. The van der Waals surface area contributed by atoms with E-state index in [1.165, 1.54) is 0 Å². The van der Waals surface area contributed by atoms with Gasteiger partial charge in [-0.25, -0.2) is 10.4 Å². The Kier molecular flexibility index (Phi) is 4.71. The molecule has 1 aromatic heterocycles. The van der Waals surface area contributed by atoms with Gasteiger partial charge in [-0.15, -0.1) is 0 Å². The predicted octanol–water partition coefficient (Wildman–Crippen LogP) is 2.87. The third-order valence-electron chi connectivity index (χ3n) is 3.50. The number of amides is 1. The fourth-order valence-electron chi connectivity index (χ4n) is 2.29. The number of nitrogens with one attached hydrogen (secondary N) is 1. The molecular weight excluding hydrogens is 403 g/mol. The van der Waals surface area contributed by atoms with Crippen LogP contribution in [-0.2, 0) is 18.3 Å². The number of imidazole rings is 1. The minimum absolute atomic E-state index is 0.189. The Labute approximate surface area is 147 Å². The maximum atomic E-state index is 12.0. The molecule has 0 fully saturated rings. The third-order valence-corrected chi connectivity index (χ3v) is 4.48. The molecule has 1 heterocycles. The maximum Gasteiger partial charge on any atom is 0.247 e. The Morgan fingerprint density at radius 1 is 1.26 bits per heavy atom. The standard InChI is InChI=1S/C17H15IN4O/c1-22-15-9-5-4-8-14(15)20-16(22)10-17(23)21-19-11-12-6-2-3-7-13(12)18/h2-9,11H,10H2,1H3,(H,21,23)/b19-11-. The summed E-state index contributed by atoms with van der Waals surface area (Å²) < 4.78 is 3.01. The van der Waals surface area contributed by atoms with Gasteiger partial charge < -0.3 is 4.57 Å². The molecule has 1 amide bonds. The molecule has 23 heavy (non-hydrogen) atoms. The lowest BCUT2D eigenvalue weighted by Gasteiger charge is -2.02. The molecule has 116 valence electrons. The number of halogens is 1. The van der Waals surface area contributed by atoms with E-state index in [2.05, 4.69) is 38.1 Å². The number of nitrogens with zero attached hydrogens (tertiary/aromatic N) is 3. The van der Waals surface area contributed by atoms with Crippen LogP contribution in [0, 0.1) is 3.57 Å². The van der Waals surface area contributed by atoms with Gasteiger partial charge in [-0.2, -0.15) is 5.10 Å². The second kappa shape index (κ2) is 6.91. The molecule has 0 saturated carbocycles. The molecule has 3 rings (SSSR count). The molecule has 0 spiro atoms. The first-order valence-corrected chi connectivity index (χ1v) is 8.20. The van der Waals surface area contributed by atoms with Gasteiger partial charge in [0.15, 0.2) is 0 Å². The van der Waals surface area contributed by atoms with E-state index >= 15 is 0 Å². The van der Waals surface area contributed by atoms with Crippen LogP contribution in [0.1, 0.15) is 11.4 Å². The fraction of sp³-hybridized carbons (Fsp3) is 0.118. The third kappa shape index (κ3) is 3.58. The Bertz CT molecular complexity index is 885. The van der Waals surface area contributed by atoms with E-state index < -0.39 is 0 Å². The molecule has 0 aliphatic rings. The van der Waals surface area contributed by atoms with E-state index in [1.54, 1.807) is 6.21 Å². The van der Waals surface area contributed by atoms with Crippen LogP contribution < -0.4 is 5.43 Å². The van der Waals surface area contributed by atoms with Crippen LogP contribution in [0.5, 0.6) is 0 Å². The average molecular weight is 418 g/mol. The van der Waals surface area contributed by atoms with Crippen LogP contribution in [0.15, 0.2) is 53.6 Å². The number of rotatable bonds is 4. The highest BCUT2D eigenvalue weighted by atomic mass is 127. The predicted molar refractivity (Wildman–Crippen MR) is 99.3 cm³/mol. The average Bonchev–Trinajstić information content (AvgIpc) is 2.86. The number of hydrogen-bond donors (Lipinski definition) is 1. The Morgan fingerprint density at radius 2 is 2.00 bits per heavy atom. The van der Waals surface area contributed by atoms with Gasteiger partial charge in [0.25, 0.3) is 0 Å². The first kappa shape index (κ1) is 15.7. The lowest BCUT2D eigenvalue weighted by Crippen LogP contribution is -2.21. The Balaban J connectivity index is 1.67. The van der Waals surface area contributed by atoms with Gasteiger partial charge >= 0.3 is 0 Å². The van der Waals surface area contributed by atoms with Crippen LogP contribution in [0.2, 0.25) is 0 Å². The highest BCUT2D eigenvalue weighted by molar-refractivity contribution is 14.1. The number of benzene rings is 2. The highest BCUT2D eigenvalue weighted by Gasteiger charge is 2.10. The summed E-state index contributed by atoms with van der Waals surface area (Å²) in [7, 11) is 1.91. The van der Waals surface area contributed by atoms with E-state index in [0.29, 0.717) is 5.82 Å². The molecule has 0 radical (unpaired) electrons. The minimum Gasteiger partial charge on any atom is -0.331 e. The minimum atomic E-state index is -0.189. The largest absolute Gasteiger partial charge is 0.331 e. The van der Waals surface area contributed by atoms with Crippen molar-refractivity contribution in [3.63, 3.8) is 0 Å². The number of fused-ring (bicyclic) bond motifs is 1. The smallest absolute Gasteiger partial charge is 0.247 e. The van der Waals surface area contributed by atoms with E-state index in [4.69, 9.17) is 0 Å². The van der Waals surface area contributed by atoms with Crippen LogP contribution in [-0.4, -0.2) is 21.7 Å². The van der Waals surface area contributed by atoms with Crippen LogP contribution in [0.25, 0.3) is 11.0 Å². The topological polar surface area (TPSA) is 59.3 Å². The van der Waals surface area contributed by atoms with Crippen molar-refractivity contribution in [3.05, 3.63) is 63.5 Å². The van der Waals surface area contributed by atoms with E-state index in [1.807, 2.05) is 60.1 Å². The zero-order chi connectivity index (χ0) is 16.2. The lowest BCUT2D eigenvalue weighted by atomic mass is 10.2. The van der Waals surface area contributed by atoms with E-state index in [-0.39, 0.29) is 12.3 Å². The van der Waals surface area contributed by atoms with Crippen LogP contribution in [0.4, 0.5) is 0 Å². The number of carbonyl (C=O) groups excluding carboxylic acids is 1. The van der Waals surface area contributed by atoms with Gasteiger partial charge in [0.2, 0.25) is 5.91 Å². The second-order valence-electron chi connectivity index (χ2n) is 5.07. The lowest BCUT2D eigenvalue weighted by molar-refractivity contribution is -0.120. The summed E-state index contributed by atoms with van der Waals surface area (Å²) in [6.45, 7) is 0. The molecule has 3 aromatic rings.